The molecule has 0 radical (unpaired) electrons. The van der Waals surface area contributed by atoms with E-state index in [1.54, 1.807) is 31.2 Å². The molecule has 0 aliphatic heterocycles. The average molecular weight is 256 g/mol. The largest absolute Gasteiger partial charge is 0.490 e. The van der Waals surface area contributed by atoms with Crippen molar-refractivity contribution < 1.29 is 19.1 Å². The van der Waals surface area contributed by atoms with E-state index in [0.717, 1.165) is 0 Å². The predicted octanol–water partition coefficient (Wildman–Crippen LogP) is 2.00. The van der Waals surface area contributed by atoms with Crippen molar-refractivity contribution >= 4 is 11.6 Å². The molecular weight excluding hydrogens is 244 g/mol. The zero-order valence-electron chi connectivity index (χ0n) is 10.4. The highest BCUT2D eigenvalue weighted by Crippen LogP contribution is 2.28. The van der Waals surface area contributed by atoms with Gasteiger partial charge < -0.3 is 9.47 Å². The van der Waals surface area contributed by atoms with Gasteiger partial charge >= 0.3 is 0 Å². The normalized spacial score (nSPS) is 16.4. The Bertz CT molecular complexity index is 604. The molecule has 1 atom stereocenters. The van der Waals surface area contributed by atoms with E-state index in [9.17, 15) is 9.59 Å². The number of rotatable bonds is 4. The Hall–Kier alpha value is -2.54. The number of Topliss-reactive ketones (excluding diaryl/α,β-unsaturated/α-hetero) is 2. The van der Waals surface area contributed by atoms with Gasteiger partial charge in [-0.2, -0.15) is 0 Å². The summed E-state index contributed by atoms with van der Waals surface area (Å²) in [4.78, 5) is 24.0. The molecule has 19 heavy (non-hydrogen) atoms. The molecule has 4 nitrogen and oxygen atoms in total. The first-order valence-electron chi connectivity index (χ1n) is 5.72. The molecule has 0 amide bonds. The number of carbonyl (C=O) groups excluding carboxylic acids is 2. The van der Waals surface area contributed by atoms with Crippen LogP contribution in [0, 0.1) is 12.0 Å². The van der Waals surface area contributed by atoms with E-state index < -0.39 is 6.10 Å². The highest BCUT2D eigenvalue weighted by Gasteiger charge is 2.40. The lowest BCUT2D eigenvalue weighted by molar-refractivity contribution is 0.0659. The molecule has 0 N–H and O–H groups in total. The SMILES string of the molecule is C=CCOc1ccc2c(c1)C(=O)C(OC#CC)C2=O. The molecule has 0 bridgehead atoms. The molecule has 1 aromatic rings. The van der Waals surface area contributed by atoms with E-state index in [1.807, 2.05) is 0 Å². The molecule has 0 aromatic heterocycles. The summed E-state index contributed by atoms with van der Waals surface area (Å²) in [5.74, 6) is 2.26. The number of hydrogen-bond donors (Lipinski definition) is 0. The van der Waals surface area contributed by atoms with E-state index >= 15 is 0 Å². The third-order valence-corrected chi connectivity index (χ3v) is 2.64. The van der Waals surface area contributed by atoms with Gasteiger partial charge in [0.1, 0.15) is 18.5 Å². The molecule has 1 aliphatic carbocycles. The zero-order valence-corrected chi connectivity index (χ0v) is 10.4. The summed E-state index contributed by atoms with van der Waals surface area (Å²) >= 11 is 0. The smallest absolute Gasteiger partial charge is 0.235 e. The maximum Gasteiger partial charge on any atom is 0.235 e. The van der Waals surface area contributed by atoms with Crippen molar-refractivity contribution in [2.75, 3.05) is 6.61 Å². The van der Waals surface area contributed by atoms with Gasteiger partial charge in [-0.3, -0.25) is 9.59 Å². The number of carbonyl (C=O) groups is 2. The maximum atomic E-state index is 12.0. The minimum atomic E-state index is -1.16. The number of ketones is 2. The number of benzene rings is 1. The number of fused-ring (bicyclic) bond motifs is 1. The Morgan fingerprint density at radius 1 is 1.32 bits per heavy atom. The molecule has 1 unspecified atom stereocenters. The van der Waals surface area contributed by atoms with Gasteiger partial charge in [0, 0.05) is 18.1 Å². The third kappa shape index (κ3) is 2.36. The third-order valence-electron chi connectivity index (χ3n) is 2.64. The first kappa shape index (κ1) is 12.9. The molecule has 96 valence electrons. The minimum absolute atomic E-state index is 0.314. The van der Waals surface area contributed by atoms with Crippen molar-refractivity contribution in [1.29, 1.82) is 0 Å². The van der Waals surface area contributed by atoms with Gasteiger partial charge in [-0.15, -0.1) is 0 Å². The first-order valence-corrected chi connectivity index (χ1v) is 5.72. The van der Waals surface area contributed by atoms with Gasteiger partial charge in [0.05, 0.1) is 0 Å². The van der Waals surface area contributed by atoms with Crippen LogP contribution in [0.5, 0.6) is 5.75 Å². The molecule has 0 saturated heterocycles. The quantitative estimate of drug-likeness (QED) is 0.469. The molecule has 1 aliphatic rings. The Morgan fingerprint density at radius 2 is 2.05 bits per heavy atom. The lowest BCUT2D eigenvalue weighted by atomic mass is 10.1. The van der Waals surface area contributed by atoms with Crippen molar-refractivity contribution in [1.82, 2.24) is 0 Å². The first-order chi connectivity index (χ1) is 9.19. The van der Waals surface area contributed by atoms with Gasteiger partial charge in [0.25, 0.3) is 0 Å². The topological polar surface area (TPSA) is 52.6 Å². The van der Waals surface area contributed by atoms with Crippen molar-refractivity contribution in [2.24, 2.45) is 0 Å². The highest BCUT2D eigenvalue weighted by atomic mass is 16.5. The summed E-state index contributed by atoms with van der Waals surface area (Å²) in [6.07, 6.45) is 2.74. The van der Waals surface area contributed by atoms with Crippen LogP contribution in [0.4, 0.5) is 0 Å². The van der Waals surface area contributed by atoms with Crippen molar-refractivity contribution in [3.63, 3.8) is 0 Å². The maximum absolute atomic E-state index is 12.0. The molecule has 0 spiro atoms. The van der Waals surface area contributed by atoms with Gasteiger partial charge in [0.15, 0.2) is 0 Å². The second kappa shape index (κ2) is 5.40. The monoisotopic (exact) mass is 256 g/mol. The summed E-state index contributed by atoms with van der Waals surface area (Å²) in [6, 6.07) is 4.75. The summed E-state index contributed by atoms with van der Waals surface area (Å²) in [6.45, 7) is 5.44. The standard InChI is InChI=1S/C15H12O4/c1-3-7-18-10-5-6-11-12(9-10)14(17)15(13(11)16)19-8-4-2/h3,5-6,9,15H,1,7H2,2H3. The van der Waals surface area contributed by atoms with E-state index in [-0.39, 0.29) is 11.6 Å². The molecular formula is C15H12O4. The van der Waals surface area contributed by atoms with Crippen LogP contribution in [0.3, 0.4) is 0 Å². The van der Waals surface area contributed by atoms with Crippen molar-refractivity contribution in [3.05, 3.63) is 42.0 Å². The van der Waals surface area contributed by atoms with Crippen LogP contribution in [0.25, 0.3) is 0 Å². The fourth-order valence-corrected chi connectivity index (χ4v) is 1.81. The van der Waals surface area contributed by atoms with Crippen LogP contribution in [0.1, 0.15) is 27.6 Å². The van der Waals surface area contributed by atoms with Crippen LogP contribution >= 0.6 is 0 Å². The second-order valence-electron chi connectivity index (χ2n) is 3.89. The van der Waals surface area contributed by atoms with Crippen LogP contribution in [0.2, 0.25) is 0 Å². The summed E-state index contributed by atoms with van der Waals surface area (Å²) in [5, 5.41) is 0. The second-order valence-corrected chi connectivity index (χ2v) is 3.89. The van der Waals surface area contributed by atoms with Crippen LogP contribution in [0.15, 0.2) is 30.9 Å². The Balaban J connectivity index is 2.30. The van der Waals surface area contributed by atoms with Crippen molar-refractivity contribution in [2.45, 2.75) is 13.0 Å². The van der Waals surface area contributed by atoms with Gasteiger partial charge in [-0.05, 0) is 18.2 Å². The van der Waals surface area contributed by atoms with Gasteiger partial charge in [-0.1, -0.05) is 18.6 Å². The fourth-order valence-electron chi connectivity index (χ4n) is 1.81. The van der Waals surface area contributed by atoms with E-state index in [1.165, 1.54) is 0 Å². The van der Waals surface area contributed by atoms with E-state index in [2.05, 4.69) is 18.6 Å². The van der Waals surface area contributed by atoms with Crippen LogP contribution < -0.4 is 4.74 Å². The summed E-state index contributed by atoms with van der Waals surface area (Å²) in [5.41, 5.74) is 0.660. The molecule has 0 saturated carbocycles. The number of hydrogen-bond acceptors (Lipinski definition) is 4. The van der Waals surface area contributed by atoms with Gasteiger partial charge in [-0.25, -0.2) is 0 Å². The van der Waals surface area contributed by atoms with Crippen LogP contribution in [-0.2, 0) is 4.74 Å². The Labute approximate surface area is 111 Å². The predicted molar refractivity (Wildman–Crippen MR) is 69.1 cm³/mol. The molecule has 0 heterocycles. The zero-order chi connectivity index (χ0) is 13.8. The lowest BCUT2D eigenvalue weighted by Gasteiger charge is -2.04. The summed E-state index contributed by atoms with van der Waals surface area (Å²) < 4.78 is 10.3. The van der Waals surface area contributed by atoms with Crippen LogP contribution in [-0.4, -0.2) is 24.3 Å². The fraction of sp³-hybridized carbons (Fsp3) is 0.200. The summed E-state index contributed by atoms with van der Waals surface area (Å²) in [7, 11) is 0. The van der Waals surface area contributed by atoms with E-state index in [4.69, 9.17) is 9.47 Å². The molecule has 4 heteroatoms. The Morgan fingerprint density at radius 3 is 2.74 bits per heavy atom. The lowest BCUT2D eigenvalue weighted by Crippen LogP contribution is -2.23. The minimum Gasteiger partial charge on any atom is -0.490 e. The molecule has 0 fully saturated rings. The molecule has 1 aromatic carbocycles. The average Bonchev–Trinajstić information content (AvgIpc) is 2.66. The highest BCUT2D eigenvalue weighted by molar-refractivity contribution is 6.28. The Kier molecular flexibility index (Phi) is 3.67. The van der Waals surface area contributed by atoms with Crippen molar-refractivity contribution in [3.8, 4) is 17.8 Å². The van der Waals surface area contributed by atoms with E-state index in [0.29, 0.717) is 23.5 Å². The number of ether oxygens (including phenoxy) is 2. The molecule has 2 rings (SSSR count). The van der Waals surface area contributed by atoms with Gasteiger partial charge in [0.2, 0.25) is 17.7 Å².